The summed E-state index contributed by atoms with van der Waals surface area (Å²) in [6, 6.07) is 2.60. The van der Waals surface area contributed by atoms with Crippen molar-refractivity contribution in [3.63, 3.8) is 0 Å². The largest absolute Gasteiger partial charge is 0.535 e. The summed E-state index contributed by atoms with van der Waals surface area (Å²) in [7, 11) is -1.02. The number of likely N-dealkylation sites (tertiary alicyclic amines) is 1. The molecule has 2 fully saturated rings. The Morgan fingerprint density at radius 3 is 2.87 bits per heavy atom. The van der Waals surface area contributed by atoms with Gasteiger partial charge in [-0.15, -0.1) is 0 Å². The van der Waals surface area contributed by atoms with E-state index >= 15 is 0 Å². The second kappa shape index (κ2) is 6.74. The number of H-pyrrole nitrogens is 1. The molecule has 1 amide bonds. The number of carbonyl (C=O) groups excluding carboxylic acids is 1. The van der Waals surface area contributed by atoms with Crippen LogP contribution in [0.25, 0.3) is 0 Å². The van der Waals surface area contributed by atoms with Crippen LogP contribution in [0.2, 0.25) is 5.82 Å². The van der Waals surface area contributed by atoms with E-state index in [-0.39, 0.29) is 46.7 Å². The predicted octanol–water partition coefficient (Wildman–Crippen LogP) is 0.374. The van der Waals surface area contributed by atoms with Crippen LogP contribution in [0, 0.1) is 5.92 Å². The molecule has 0 radical (unpaired) electrons. The Kier molecular flexibility index (Phi) is 4.26. The number of hydrogen-bond acceptors (Lipinski definition) is 7. The number of fused-ring (bicyclic) bond motifs is 3. The molecule has 2 aliphatic heterocycles. The number of benzene rings is 1. The van der Waals surface area contributed by atoms with Crippen LogP contribution in [-0.2, 0) is 4.79 Å². The lowest BCUT2D eigenvalue weighted by atomic mass is 9.76. The maximum Gasteiger partial charge on any atom is 0.526 e. The van der Waals surface area contributed by atoms with Crippen LogP contribution < -0.4 is 15.1 Å². The number of aromatic amines is 1. The first-order chi connectivity index (χ1) is 14.4. The van der Waals surface area contributed by atoms with E-state index in [2.05, 4.69) is 9.97 Å². The van der Waals surface area contributed by atoms with Gasteiger partial charge in [0.05, 0.1) is 31.3 Å². The summed E-state index contributed by atoms with van der Waals surface area (Å²) in [5, 5.41) is 19.9. The van der Waals surface area contributed by atoms with E-state index in [1.165, 1.54) is 12.5 Å². The van der Waals surface area contributed by atoms with E-state index in [1.807, 2.05) is 6.92 Å². The van der Waals surface area contributed by atoms with Gasteiger partial charge in [0.1, 0.15) is 29.2 Å². The Labute approximate surface area is 172 Å². The van der Waals surface area contributed by atoms with Crippen LogP contribution in [0.4, 0.5) is 0 Å². The van der Waals surface area contributed by atoms with E-state index in [4.69, 9.17) is 15.1 Å². The van der Waals surface area contributed by atoms with Crippen molar-refractivity contribution in [3.8, 4) is 11.5 Å². The van der Waals surface area contributed by atoms with Crippen LogP contribution in [0.3, 0.4) is 0 Å². The summed E-state index contributed by atoms with van der Waals surface area (Å²) in [6.07, 6.45) is 2.60. The molecule has 4 atom stereocenters. The summed E-state index contributed by atoms with van der Waals surface area (Å²) >= 11 is 0. The fourth-order valence-electron chi connectivity index (χ4n) is 4.53. The molecule has 0 bridgehead atoms. The minimum Gasteiger partial charge on any atom is -0.535 e. The summed E-state index contributed by atoms with van der Waals surface area (Å²) in [5.74, 6) is -0.785. The lowest BCUT2D eigenvalue weighted by Gasteiger charge is -2.40. The van der Waals surface area contributed by atoms with Crippen molar-refractivity contribution in [2.24, 2.45) is 11.7 Å². The van der Waals surface area contributed by atoms with Crippen LogP contribution in [-0.4, -0.2) is 63.2 Å². The Bertz CT molecular complexity index is 1010. The average Bonchev–Trinajstić information content (AvgIpc) is 3.11. The molecule has 1 aromatic heterocycles. The molecule has 1 saturated carbocycles. The predicted molar refractivity (Wildman–Crippen MR) is 104 cm³/mol. The molecule has 10 nitrogen and oxygen atoms in total. The number of imidazole rings is 1. The highest BCUT2D eigenvalue weighted by Gasteiger charge is 2.60. The second-order valence-electron chi connectivity index (χ2n) is 8.10. The number of nitrogens with one attached hydrogen (secondary N) is 1. The zero-order valence-corrected chi connectivity index (χ0v) is 16.2. The van der Waals surface area contributed by atoms with Crippen molar-refractivity contribution >= 4 is 19.0 Å². The number of aromatic nitrogens is 2. The molecular formula is C19H21BN4O6. The van der Waals surface area contributed by atoms with Crippen LogP contribution in [0.15, 0.2) is 24.7 Å². The van der Waals surface area contributed by atoms with E-state index in [0.717, 1.165) is 5.56 Å². The molecule has 3 aliphatic rings. The first kappa shape index (κ1) is 19.0. The molecule has 2 aromatic rings. The zero-order valence-electron chi connectivity index (χ0n) is 16.2. The second-order valence-corrected chi connectivity index (χ2v) is 8.10. The highest BCUT2D eigenvalue weighted by molar-refractivity contribution is 6.48. The lowest BCUT2D eigenvalue weighted by molar-refractivity contribution is -0.141. The molecule has 5 rings (SSSR count). The van der Waals surface area contributed by atoms with E-state index in [1.54, 1.807) is 17.0 Å². The van der Waals surface area contributed by atoms with Crippen LogP contribution in [0.5, 0.6) is 11.5 Å². The molecule has 156 valence electrons. The third-order valence-corrected chi connectivity index (χ3v) is 6.31. The summed E-state index contributed by atoms with van der Waals surface area (Å²) in [5.41, 5.74) is 7.17. The zero-order chi connectivity index (χ0) is 21.2. The molecule has 1 aliphatic carbocycles. The normalized spacial score (nSPS) is 25.5. The van der Waals surface area contributed by atoms with E-state index in [9.17, 15) is 19.7 Å². The quantitative estimate of drug-likeness (QED) is 0.515. The molecule has 30 heavy (non-hydrogen) atoms. The number of carboxylic acids is 1. The van der Waals surface area contributed by atoms with Gasteiger partial charge in [-0.1, -0.05) is 13.0 Å². The number of ether oxygens (including phenoxy) is 1. The third-order valence-electron chi connectivity index (χ3n) is 6.31. The van der Waals surface area contributed by atoms with Gasteiger partial charge in [-0.2, -0.15) is 0 Å². The summed E-state index contributed by atoms with van der Waals surface area (Å²) in [4.78, 5) is 32.6. The van der Waals surface area contributed by atoms with Gasteiger partial charge in [-0.05, 0) is 23.5 Å². The van der Waals surface area contributed by atoms with Gasteiger partial charge in [0.2, 0.25) is 5.91 Å². The number of amides is 1. The molecule has 11 heteroatoms. The molecule has 3 heterocycles. The summed E-state index contributed by atoms with van der Waals surface area (Å²) < 4.78 is 11.4. The maximum atomic E-state index is 12.5. The SMILES string of the molecule is C[C@@H]1C2B(O)Oc3c(ccc(OC4CN(C(=O)[C@H](N)c5cnc[nH]5)C4)c3C(=O)O)C21. The molecule has 5 N–H and O–H groups in total. The monoisotopic (exact) mass is 412 g/mol. The Hall–Kier alpha value is -3.05. The van der Waals surface area contributed by atoms with Crippen LogP contribution in [0.1, 0.15) is 40.5 Å². The van der Waals surface area contributed by atoms with Gasteiger partial charge < -0.3 is 35.1 Å². The van der Waals surface area contributed by atoms with Gasteiger partial charge in [-0.25, -0.2) is 9.78 Å². The maximum absolute atomic E-state index is 12.5. The molecule has 0 spiro atoms. The van der Waals surface area contributed by atoms with Gasteiger partial charge in [-0.3, -0.25) is 4.79 Å². The molecular weight excluding hydrogens is 391 g/mol. The van der Waals surface area contributed by atoms with Crippen molar-refractivity contribution in [2.45, 2.75) is 30.8 Å². The van der Waals surface area contributed by atoms with Crippen LogP contribution >= 0.6 is 0 Å². The lowest BCUT2D eigenvalue weighted by Crippen LogP contribution is -2.58. The minimum atomic E-state index is -1.19. The highest BCUT2D eigenvalue weighted by Crippen LogP contribution is 2.65. The Balaban J connectivity index is 1.30. The number of rotatable bonds is 5. The van der Waals surface area contributed by atoms with E-state index in [0.29, 0.717) is 18.8 Å². The smallest absolute Gasteiger partial charge is 0.526 e. The minimum absolute atomic E-state index is 0.00352. The number of nitrogens with zero attached hydrogens (tertiary/aromatic N) is 2. The molecule has 1 aromatic carbocycles. The number of nitrogens with two attached hydrogens (primary N) is 1. The van der Waals surface area contributed by atoms with Gasteiger partial charge >= 0.3 is 13.1 Å². The number of carbonyl (C=O) groups is 2. The summed E-state index contributed by atoms with van der Waals surface area (Å²) in [6.45, 7) is 2.60. The fourth-order valence-corrected chi connectivity index (χ4v) is 4.53. The first-order valence-corrected chi connectivity index (χ1v) is 9.81. The molecule has 1 saturated heterocycles. The Morgan fingerprint density at radius 1 is 1.43 bits per heavy atom. The van der Waals surface area contributed by atoms with Crippen molar-refractivity contribution in [3.05, 3.63) is 41.5 Å². The highest BCUT2D eigenvalue weighted by atomic mass is 16.5. The number of aromatic carboxylic acids is 1. The standard InChI is InChI=1S/C19H21BN4O6/c1-8-13-10-2-3-12(14(19(26)27)17(10)30-20(28)15(8)13)29-9-5-24(6-9)18(25)16(21)11-4-22-7-23-11/h2-4,7-9,13,15-16,28H,5-6,21H2,1H3,(H,22,23)(H,26,27)/t8-,13?,15?,16+/m0/s1. The number of carboxylic acid groups (broad SMARTS) is 1. The fraction of sp³-hybridized carbons (Fsp3) is 0.421. The third kappa shape index (κ3) is 2.84. The van der Waals surface area contributed by atoms with Crippen molar-refractivity contribution in [1.82, 2.24) is 14.9 Å². The first-order valence-electron chi connectivity index (χ1n) is 9.81. The molecule has 2 unspecified atom stereocenters. The van der Waals surface area contributed by atoms with Crippen molar-refractivity contribution in [2.75, 3.05) is 13.1 Å². The van der Waals surface area contributed by atoms with Gasteiger partial charge in [0.15, 0.2) is 0 Å². The Morgan fingerprint density at radius 2 is 2.20 bits per heavy atom. The topological polar surface area (TPSA) is 151 Å². The average molecular weight is 412 g/mol. The van der Waals surface area contributed by atoms with E-state index < -0.39 is 19.1 Å². The number of hydrogen-bond donors (Lipinski definition) is 4. The van der Waals surface area contributed by atoms with Gasteiger partial charge in [0.25, 0.3) is 0 Å². The van der Waals surface area contributed by atoms with Gasteiger partial charge in [0, 0.05) is 5.82 Å². The van der Waals surface area contributed by atoms with Crippen molar-refractivity contribution < 1.29 is 29.1 Å². The van der Waals surface area contributed by atoms with Crippen molar-refractivity contribution in [1.29, 1.82) is 0 Å².